The number of carbonyl (C=O) groups excluding carboxylic acids is 1. The van der Waals surface area contributed by atoms with Gasteiger partial charge in [-0.15, -0.1) is 0 Å². The fraction of sp³-hybridized carbons (Fsp3) is 0.579. The van der Waals surface area contributed by atoms with Crippen molar-refractivity contribution in [2.75, 3.05) is 18.5 Å². The Morgan fingerprint density at radius 2 is 2.04 bits per heavy atom. The van der Waals surface area contributed by atoms with E-state index in [0.29, 0.717) is 36.6 Å². The topological polar surface area (TPSA) is 71.3 Å². The largest absolute Gasteiger partial charge is 0.494 e. The third-order valence-electron chi connectivity index (χ3n) is 3.80. The van der Waals surface area contributed by atoms with E-state index in [4.69, 9.17) is 9.47 Å². The van der Waals surface area contributed by atoms with Crippen molar-refractivity contribution in [3.8, 4) is 11.8 Å². The number of anilines is 1. The minimum absolute atomic E-state index is 0.234. The maximum absolute atomic E-state index is 12.6. The van der Waals surface area contributed by atoms with Crippen molar-refractivity contribution in [3.05, 3.63) is 23.8 Å². The highest BCUT2D eigenvalue weighted by atomic mass is 16.5. The molecule has 0 spiro atoms. The molecule has 0 fully saturated rings. The van der Waals surface area contributed by atoms with E-state index in [2.05, 4.69) is 18.3 Å². The number of unbranched alkanes of at least 4 members (excludes halogenated alkanes) is 1. The molecule has 0 heterocycles. The second kappa shape index (κ2) is 9.94. The molecular formula is C19H28N2O3. The third-order valence-corrected chi connectivity index (χ3v) is 3.80. The zero-order valence-electron chi connectivity index (χ0n) is 15.1. The average molecular weight is 332 g/mol. The summed E-state index contributed by atoms with van der Waals surface area (Å²) in [5.74, 6) is 0.404. The van der Waals surface area contributed by atoms with E-state index < -0.39 is 5.60 Å². The first-order valence-electron chi connectivity index (χ1n) is 8.63. The molecule has 0 radical (unpaired) electrons. The molecule has 1 amide bonds. The van der Waals surface area contributed by atoms with Crippen molar-refractivity contribution < 1.29 is 14.3 Å². The Kier molecular flexibility index (Phi) is 8.28. The number of ether oxygens (including phenoxy) is 2. The van der Waals surface area contributed by atoms with Crippen molar-refractivity contribution in [1.82, 2.24) is 0 Å². The number of nitrogens with zero attached hydrogens (tertiary/aromatic N) is 1. The molecule has 5 nitrogen and oxygen atoms in total. The molecule has 1 aromatic rings. The molecule has 132 valence electrons. The molecule has 0 aliphatic rings. The van der Waals surface area contributed by atoms with Gasteiger partial charge in [0.2, 0.25) is 0 Å². The number of hydrogen-bond acceptors (Lipinski definition) is 4. The zero-order valence-corrected chi connectivity index (χ0v) is 15.1. The second-order valence-electron chi connectivity index (χ2n) is 5.89. The first kappa shape index (κ1) is 20.0. The summed E-state index contributed by atoms with van der Waals surface area (Å²) in [6.07, 6.45) is 3.46. The second-order valence-corrected chi connectivity index (χ2v) is 5.89. The summed E-state index contributed by atoms with van der Waals surface area (Å²) in [6, 6.07) is 7.24. The fourth-order valence-corrected chi connectivity index (χ4v) is 2.45. The minimum Gasteiger partial charge on any atom is -0.494 e. The van der Waals surface area contributed by atoms with Gasteiger partial charge in [-0.05, 0) is 44.9 Å². The first-order chi connectivity index (χ1) is 11.5. The summed E-state index contributed by atoms with van der Waals surface area (Å²) in [4.78, 5) is 12.6. The SMILES string of the molecule is CCCCOc1ccc(NC(=O)[C@](C)(CCC)OCC)c(C#N)c1. The Labute approximate surface area is 145 Å². The lowest BCUT2D eigenvalue weighted by Gasteiger charge is -2.28. The quantitative estimate of drug-likeness (QED) is 0.649. The van der Waals surface area contributed by atoms with Crippen LogP contribution in [-0.2, 0) is 9.53 Å². The van der Waals surface area contributed by atoms with Crippen LogP contribution >= 0.6 is 0 Å². The van der Waals surface area contributed by atoms with E-state index in [-0.39, 0.29) is 5.91 Å². The van der Waals surface area contributed by atoms with E-state index in [1.54, 1.807) is 25.1 Å². The smallest absolute Gasteiger partial charge is 0.256 e. The lowest BCUT2D eigenvalue weighted by atomic mass is 9.98. The molecule has 1 N–H and O–H groups in total. The molecule has 5 heteroatoms. The van der Waals surface area contributed by atoms with Crippen LogP contribution in [0.4, 0.5) is 5.69 Å². The minimum atomic E-state index is -0.896. The van der Waals surface area contributed by atoms with Crippen LogP contribution in [0.5, 0.6) is 5.75 Å². The van der Waals surface area contributed by atoms with Gasteiger partial charge in [0.25, 0.3) is 5.91 Å². The summed E-state index contributed by atoms with van der Waals surface area (Å²) in [7, 11) is 0. The number of amides is 1. The number of nitriles is 1. The van der Waals surface area contributed by atoms with Gasteiger partial charge in [-0.2, -0.15) is 5.26 Å². The lowest BCUT2D eigenvalue weighted by molar-refractivity contribution is -0.139. The van der Waals surface area contributed by atoms with Crippen LogP contribution in [0.3, 0.4) is 0 Å². The standard InChI is InChI=1S/C19H28N2O3/c1-5-8-12-23-16-9-10-17(15(13-16)14-20)21-18(22)19(4,11-6-2)24-7-3/h9-10,13H,5-8,11-12H2,1-4H3,(H,21,22)/t19-/m0/s1. The van der Waals surface area contributed by atoms with Crippen molar-refractivity contribution in [1.29, 1.82) is 5.26 Å². The van der Waals surface area contributed by atoms with Gasteiger partial charge in [0.1, 0.15) is 17.4 Å². The van der Waals surface area contributed by atoms with Gasteiger partial charge < -0.3 is 14.8 Å². The maximum atomic E-state index is 12.6. The van der Waals surface area contributed by atoms with E-state index in [0.717, 1.165) is 19.3 Å². The van der Waals surface area contributed by atoms with Gasteiger partial charge in [-0.1, -0.05) is 26.7 Å². The van der Waals surface area contributed by atoms with E-state index in [9.17, 15) is 10.1 Å². The lowest BCUT2D eigenvalue weighted by Crippen LogP contribution is -2.42. The van der Waals surface area contributed by atoms with Crippen molar-refractivity contribution >= 4 is 11.6 Å². The Morgan fingerprint density at radius 3 is 2.62 bits per heavy atom. The van der Waals surface area contributed by atoms with Gasteiger partial charge in [-0.3, -0.25) is 4.79 Å². The summed E-state index contributed by atoms with van der Waals surface area (Å²) in [6.45, 7) is 8.82. The van der Waals surface area contributed by atoms with Crippen LogP contribution in [0, 0.1) is 11.3 Å². The summed E-state index contributed by atoms with van der Waals surface area (Å²) in [5.41, 5.74) is -0.0351. The first-order valence-corrected chi connectivity index (χ1v) is 8.63. The fourth-order valence-electron chi connectivity index (χ4n) is 2.45. The molecule has 0 aliphatic heterocycles. The molecule has 0 saturated heterocycles. The average Bonchev–Trinajstić information content (AvgIpc) is 2.56. The van der Waals surface area contributed by atoms with Crippen molar-refractivity contribution in [3.63, 3.8) is 0 Å². The molecule has 24 heavy (non-hydrogen) atoms. The van der Waals surface area contributed by atoms with Gasteiger partial charge in [0, 0.05) is 6.61 Å². The predicted octanol–water partition coefficient (Wildman–Crippen LogP) is 4.27. The van der Waals surface area contributed by atoms with Crippen LogP contribution in [0.2, 0.25) is 0 Å². The van der Waals surface area contributed by atoms with Gasteiger partial charge in [-0.25, -0.2) is 0 Å². The Morgan fingerprint density at radius 1 is 1.29 bits per heavy atom. The van der Waals surface area contributed by atoms with Gasteiger partial charge in [0.15, 0.2) is 0 Å². The molecule has 0 aromatic heterocycles. The Bertz CT molecular complexity index is 572. The predicted molar refractivity (Wildman–Crippen MR) is 95.1 cm³/mol. The number of carbonyl (C=O) groups is 1. The van der Waals surface area contributed by atoms with Crippen molar-refractivity contribution in [2.24, 2.45) is 0 Å². The summed E-state index contributed by atoms with van der Waals surface area (Å²) >= 11 is 0. The molecule has 0 bridgehead atoms. The van der Waals surface area contributed by atoms with Crippen LogP contribution < -0.4 is 10.1 Å². The molecule has 1 rings (SSSR count). The van der Waals surface area contributed by atoms with Crippen molar-refractivity contribution in [2.45, 2.75) is 59.0 Å². The zero-order chi connectivity index (χ0) is 18.0. The highest BCUT2D eigenvalue weighted by Gasteiger charge is 2.33. The number of hydrogen-bond donors (Lipinski definition) is 1. The van der Waals surface area contributed by atoms with Gasteiger partial charge in [0.05, 0.1) is 17.9 Å². The number of rotatable bonds is 10. The number of nitrogens with one attached hydrogen (secondary N) is 1. The van der Waals surface area contributed by atoms with E-state index >= 15 is 0 Å². The van der Waals surface area contributed by atoms with Gasteiger partial charge >= 0.3 is 0 Å². The molecule has 0 aliphatic carbocycles. The highest BCUT2D eigenvalue weighted by Crippen LogP contribution is 2.25. The third kappa shape index (κ3) is 5.54. The maximum Gasteiger partial charge on any atom is 0.256 e. The van der Waals surface area contributed by atoms with Crippen LogP contribution in [-0.4, -0.2) is 24.7 Å². The molecule has 1 aromatic carbocycles. The summed E-state index contributed by atoms with van der Waals surface area (Å²) < 4.78 is 11.3. The van der Waals surface area contributed by atoms with Crippen LogP contribution in [0.25, 0.3) is 0 Å². The number of benzene rings is 1. The van der Waals surface area contributed by atoms with Crippen LogP contribution in [0.1, 0.15) is 58.9 Å². The highest BCUT2D eigenvalue weighted by molar-refractivity contribution is 5.98. The van der Waals surface area contributed by atoms with E-state index in [1.807, 2.05) is 13.8 Å². The Balaban J connectivity index is 2.89. The Hall–Kier alpha value is -2.06. The summed E-state index contributed by atoms with van der Waals surface area (Å²) in [5, 5.41) is 12.2. The molecule has 1 atom stereocenters. The molecule has 0 saturated carbocycles. The monoisotopic (exact) mass is 332 g/mol. The molecule has 0 unspecified atom stereocenters. The van der Waals surface area contributed by atoms with E-state index in [1.165, 1.54) is 0 Å². The molecular weight excluding hydrogens is 304 g/mol. The van der Waals surface area contributed by atoms with Crippen LogP contribution in [0.15, 0.2) is 18.2 Å². The normalized spacial score (nSPS) is 13.0.